The summed E-state index contributed by atoms with van der Waals surface area (Å²) in [6.07, 6.45) is 5.35. The predicted octanol–water partition coefficient (Wildman–Crippen LogP) is 3.98. The minimum absolute atomic E-state index is 0.00192. The van der Waals surface area contributed by atoms with E-state index in [4.69, 9.17) is 0 Å². The number of anilines is 1. The standard InChI is InChI=1S/C18H17N3O3S/c19-11-15-14-4-2-1-3-5-16(14)25-18(15)20-17(22)10-12-6-8-13(9-7-12)21(23)24/h6-9H,1-5,10H2,(H,20,22). The molecule has 0 saturated carbocycles. The number of hydrogen-bond acceptors (Lipinski definition) is 5. The molecule has 128 valence electrons. The van der Waals surface area contributed by atoms with E-state index < -0.39 is 4.92 Å². The third-order valence-electron chi connectivity index (χ3n) is 4.30. The molecule has 3 rings (SSSR count). The summed E-state index contributed by atoms with van der Waals surface area (Å²) in [4.78, 5) is 23.7. The second-order valence-corrected chi connectivity index (χ2v) is 7.13. The maximum absolute atomic E-state index is 12.3. The number of hydrogen-bond donors (Lipinski definition) is 1. The number of benzene rings is 1. The summed E-state index contributed by atoms with van der Waals surface area (Å²) in [5, 5.41) is 23.6. The maximum atomic E-state index is 12.3. The number of fused-ring (bicyclic) bond motifs is 1. The predicted molar refractivity (Wildman–Crippen MR) is 95.7 cm³/mol. The fourth-order valence-electron chi connectivity index (χ4n) is 3.04. The van der Waals surface area contributed by atoms with Gasteiger partial charge in [-0.05, 0) is 36.8 Å². The number of amides is 1. The minimum Gasteiger partial charge on any atom is -0.316 e. The zero-order valence-electron chi connectivity index (χ0n) is 13.6. The van der Waals surface area contributed by atoms with Crippen molar-refractivity contribution in [1.29, 1.82) is 5.26 Å². The van der Waals surface area contributed by atoms with Gasteiger partial charge in [0.15, 0.2) is 0 Å². The molecular formula is C18H17N3O3S. The molecule has 0 aliphatic heterocycles. The molecule has 1 heterocycles. The van der Waals surface area contributed by atoms with Crippen LogP contribution in [0, 0.1) is 21.4 Å². The van der Waals surface area contributed by atoms with Crippen LogP contribution in [-0.2, 0) is 24.1 Å². The highest BCUT2D eigenvalue weighted by molar-refractivity contribution is 7.16. The fourth-order valence-corrected chi connectivity index (χ4v) is 4.30. The SMILES string of the molecule is N#Cc1c(NC(=O)Cc2ccc([N+](=O)[O-])cc2)sc2c1CCCCC2. The van der Waals surface area contributed by atoms with Crippen molar-refractivity contribution in [2.24, 2.45) is 0 Å². The van der Waals surface area contributed by atoms with Crippen LogP contribution in [0.1, 0.15) is 40.8 Å². The number of nitro groups is 1. The number of nitriles is 1. The van der Waals surface area contributed by atoms with Gasteiger partial charge >= 0.3 is 0 Å². The number of aryl methyl sites for hydroxylation is 1. The van der Waals surface area contributed by atoms with Gasteiger partial charge in [-0.1, -0.05) is 18.6 Å². The fraction of sp³-hybridized carbons (Fsp3) is 0.333. The lowest BCUT2D eigenvalue weighted by Gasteiger charge is -2.04. The molecule has 0 unspecified atom stereocenters. The van der Waals surface area contributed by atoms with Gasteiger partial charge in [0.25, 0.3) is 5.69 Å². The summed E-state index contributed by atoms with van der Waals surface area (Å²) in [5.74, 6) is -0.221. The monoisotopic (exact) mass is 355 g/mol. The molecule has 1 amide bonds. The van der Waals surface area contributed by atoms with Crippen molar-refractivity contribution in [1.82, 2.24) is 0 Å². The van der Waals surface area contributed by atoms with E-state index in [9.17, 15) is 20.2 Å². The maximum Gasteiger partial charge on any atom is 0.269 e. The van der Waals surface area contributed by atoms with Crippen LogP contribution in [-0.4, -0.2) is 10.8 Å². The molecule has 0 bridgehead atoms. The zero-order chi connectivity index (χ0) is 17.8. The Bertz CT molecular complexity index is 850. The minimum atomic E-state index is -0.470. The highest BCUT2D eigenvalue weighted by Crippen LogP contribution is 2.37. The van der Waals surface area contributed by atoms with Crippen molar-refractivity contribution < 1.29 is 9.72 Å². The molecule has 0 fully saturated rings. The lowest BCUT2D eigenvalue weighted by atomic mass is 10.1. The molecule has 7 heteroatoms. The normalized spacial score (nSPS) is 13.4. The highest BCUT2D eigenvalue weighted by Gasteiger charge is 2.21. The van der Waals surface area contributed by atoms with Gasteiger partial charge in [-0.3, -0.25) is 14.9 Å². The van der Waals surface area contributed by atoms with Crippen LogP contribution in [0.4, 0.5) is 10.7 Å². The van der Waals surface area contributed by atoms with E-state index in [1.807, 2.05) is 0 Å². The van der Waals surface area contributed by atoms with E-state index in [1.165, 1.54) is 34.8 Å². The Morgan fingerprint density at radius 3 is 2.64 bits per heavy atom. The van der Waals surface area contributed by atoms with Crippen molar-refractivity contribution in [3.63, 3.8) is 0 Å². The van der Waals surface area contributed by atoms with Gasteiger partial charge in [0.2, 0.25) is 5.91 Å². The molecule has 1 aliphatic rings. The molecule has 0 saturated heterocycles. The average molecular weight is 355 g/mol. The number of non-ortho nitro benzene ring substituents is 1. The molecule has 0 radical (unpaired) electrons. The summed E-state index contributed by atoms with van der Waals surface area (Å²) < 4.78 is 0. The molecule has 0 atom stereocenters. The van der Waals surface area contributed by atoms with Crippen molar-refractivity contribution in [2.45, 2.75) is 38.5 Å². The first-order valence-corrected chi connectivity index (χ1v) is 8.98. The van der Waals surface area contributed by atoms with Crippen molar-refractivity contribution in [3.8, 4) is 6.07 Å². The summed E-state index contributed by atoms with van der Waals surface area (Å²) >= 11 is 1.50. The number of carbonyl (C=O) groups is 1. The van der Waals surface area contributed by atoms with Crippen LogP contribution in [0.5, 0.6) is 0 Å². The largest absolute Gasteiger partial charge is 0.316 e. The summed E-state index contributed by atoms with van der Waals surface area (Å²) in [7, 11) is 0. The summed E-state index contributed by atoms with van der Waals surface area (Å²) in [6, 6.07) is 8.16. The quantitative estimate of drug-likeness (QED) is 0.510. The van der Waals surface area contributed by atoms with E-state index >= 15 is 0 Å². The Balaban J connectivity index is 1.73. The average Bonchev–Trinajstić information content (AvgIpc) is 2.75. The van der Waals surface area contributed by atoms with Crippen molar-refractivity contribution >= 4 is 27.9 Å². The second-order valence-electron chi connectivity index (χ2n) is 6.03. The molecule has 25 heavy (non-hydrogen) atoms. The first-order chi connectivity index (χ1) is 12.1. The van der Waals surface area contributed by atoms with Crippen LogP contribution in [0.25, 0.3) is 0 Å². The summed E-state index contributed by atoms with van der Waals surface area (Å²) in [6.45, 7) is 0. The van der Waals surface area contributed by atoms with E-state index in [2.05, 4.69) is 11.4 Å². The third kappa shape index (κ3) is 3.86. The molecule has 2 aromatic rings. The van der Waals surface area contributed by atoms with Gasteiger partial charge in [0.05, 0.1) is 16.9 Å². The Labute approximate surface area is 149 Å². The van der Waals surface area contributed by atoms with Gasteiger partial charge in [-0.25, -0.2) is 0 Å². The van der Waals surface area contributed by atoms with Gasteiger partial charge in [-0.2, -0.15) is 5.26 Å². The van der Waals surface area contributed by atoms with E-state index in [-0.39, 0.29) is 18.0 Å². The van der Waals surface area contributed by atoms with E-state index in [1.54, 1.807) is 12.1 Å². The molecule has 1 N–H and O–H groups in total. The number of nitrogens with one attached hydrogen (secondary N) is 1. The van der Waals surface area contributed by atoms with Crippen LogP contribution in [0.15, 0.2) is 24.3 Å². The van der Waals surface area contributed by atoms with Crippen molar-refractivity contribution in [3.05, 3.63) is 55.9 Å². The number of thiophene rings is 1. The first kappa shape index (κ1) is 17.1. The topological polar surface area (TPSA) is 96.0 Å². The van der Waals surface area contributed by atoms with Crippen LogP contribution in [0.3, 0.4) is 0 Å². The third-order valence-corrected chi connectivity index (χ3v) is 5.51. The van der Waals surface area contributed by atoms with E-state index in [0.717, 1.165) is 31.2 Å². The molecular weight excluding hydrogens is 338 g/mol. The zero-order valence-corrected chi connectivity index (χ0v) is 14.4. The number of nitro benzene ring substituents is 1. The molecule has 6 nitrogen and oxygen atoms in total. The Hall–Kier alpha value is -2.72. The van der Waals surface area contributed by atoms with Crippen LogP contribution >= 0.6 is 11.3 Å². The Morgan fingerprint density at radius 2 is 1.96 bits per heavy atom. The van der Waals surface area contributed by atoms with Gasteiger partial charge in [-0.15, -0.1) is 11.3 Å². The molecule has 0 spiro atoms. The number of nitrogens with zero attached hydrogens (tertiary/aromatic N) is 2. The van der Waals surface area contributed by atoms with Gasteiger partial charge in [0.1, 0.15) is 11.1 Å². The number of carbonyl (C=O) groups excluding carboxylic acids is 1. The highest BCUT2D eigenvalue weighted by atomic mass is 32.1. The molecule has 1 aromatic carbocycles. The van der Waals surface area contributed by atoms with Crippen molar-refractivity contribution in [2.75, 3.05) is 5.32 Å². The van der Waals surface area contributed by atoms with Gasteiger partial charge < -0.3 is 5.32 Å². The summed E-state index contributed by atoms with van der Waals surface area (Å²) in [5.41, 5.74) is 2.38. The smallest absolute Gasteiger partial charge is 0.269 e. The lowest BCUT2D eigenvalue weighted by Crippen LogP contribution is -2.14. The first-order valence-electron chi connectivity index (χ1n) is 8.16. The second kappa shape index (κ2) is 7.45. The Kier molecular flexibility index (Phi) is 5.10. The lowest BCUT2D eigenvalue weighted by molar-refractivity contribution is -0.384. The Morgan fingerprint density at radius 1 is 1.24 bits per heavy atom. The number of rotatable bonds is 4. The molecule has 1 aliphatic carbocycles. The van der Waals surface area contributed by atoms with Crippen LogP contribution in [0.2, 0.25) is 0 Å². The van der Waals surface area contributed by atoms with E-state index in [0.29, 0.717) is 16.1 Å². The molecule has 1 aromatic heterocycles. The van der Waals surface area contributed by atoms with Crippen LogP contribution < -0.4 is 5.32 Å². The van der Waals surface area contributed by atoms with Gasteiger partial charge in [0, 0.05) is 17.0 Å².